The number of H-pyrrole nitrogens is 1. The van der Waals surface area contributed by atoms with Crippen molar-refractivity contribution in [3.63, 3.8) is 0 Å². The van der Waals surface area contributed by atoms with Crippen molar-refractivity contribution >= 4 is 28.3 Å². The lowest BCUT2D eigenvalue weighted by molar-refractivity contribution is -0.667. The number of hydrogen-bond donors (Lipinski definition) is 5. The second-order valence-electron chi connectivity index (χ2n) is 6.24. The van der Waals surface area contributed by atoms with E-state index in [0.29, 0.717) is 11.3 Å². The largest absolute Gasteiger partial charge is 0.361 e. The first-order valence-electron chi connectivity index (χ1n) is 8.83. The maximum Gasteiger partial charge on any atom is 0.312 e. The molecule has 1 aromatic carbocycles. The molecule has 0 atom stereocenters. The van der Waals surface area contributed by atoms with Crippen LogP contribution < -0.4 is 21.7 Å². The molecule has 132 valence electrons. The van der Waals surface area contributed by atoms with Crippen LogP contribution >= 0.6 is 0 Å². The molecule has 0 saturated carbocycles. The normalized spacial score (nSPS) is 14.6. The zero-order valence-corrected chi connectivity index (χ0v) is 14.3. The molecule has 0 fully saturated rings. The Balaban J connectivity index is 1.72. The van der Waals surface area contributed by atoms with Gasteiger partial charge in [0, 0.05) is 35.5 Å². The number of fused-ring (bicyclic) bond motifs is 1. The van der Waals surface area contributed by atoms with Gasteiger partial charge in [0.2, 0.25) is 5.70 Å². The van der Waals surface area contributed by atoms with Gasteiger partial charge in [-0.3, -0.25) is 14.9 Å². The van der Waals surface area contributed by atoms with Crippen molar-refractivity contribution in [2.75, 3.05) is 26.2 Å². The molecule has 1 aliphatic rings. The Morgan fingerprint density at radius 3 is 2.64 bits per heavy atom. The van der Waals surface area contributed by atoms with Crippen molar-refractivity contribution in [1.29, 1.82) is 0 Å². The lowest BCUT2D eigenvalue weighted by Gasteiger charge is -2.03. The second kappa shape index (κ2) is 8.06. The van der Waals surface area contributed by atoms with Gasteiger partial charge in [-0.25, -0.2) is 0 Å². The highest BCUT2D eigenvalue weighted by molar-refractivity contribution is 6.36. The highest BCUT2D eigenvalue weighted by atomic mass is 16.2. The molecule has 0 unspecified atom stereocenters. The first kappa shape index (κ1) is 17.3. The van der Waals surface area contributed by atoms with Crippen LogP contribution in [0.2, 0.25) is 0 Å². The number of carbonyl (C=O) groups excluding carboxylic acids is 2. The van der Waals surface area contributed by atoms with Crippen molar-refractivity contribution in [3.8, 4) is 0 Å². The van der Waals surface area contributed by atoms with Crippen molar-refractivity contribution < 1.29 is 26.0 Å². The number of imide groups is 1. The number of nitrogens with one attached hydrogen (secondary N) is 2. The Kier molecular flexibility index (Phi) is 5.60. The Hall–Kier alpha value is -2.48. The molecule has 0 radical (unpaired) electrons. The Labute approximate surface area is 146 Å². The number of aromatic nitrogens is 1. The first-order chi connectivity index (χ1) is 12.2. The van der Waals surface area contributed by atoms with Crippen LogP contribution in [0.3, 0.4) is 0 Å². The van der Waals surface area contributed by atoms with E-state index in [2.05, 4.69) is 21.4 Å². The van der Waals surface area contributed by atoms with Crippen LogP contribution in [0.4, 0.5) is 0 Å². The molecular weight excluding hydrogens is 318 g/mol. The van der Waals surface area contributed by atoms with Gasteiger partial charge in [0.05, 0.1) is 26.2 Å². The lowest BCUT2D eigenvalue weighted by atomic mass is 10.0. The van der Waals surface area contributed by atoms with E-state index in [1.54, 1.807) is 6.20 Å². The maximum atomic E-state index is 12.3. The van der Waals surface area contributed by atoms with Crippen LogP contribution in [0.25, 0.3) is 16.5 Å². The minimum Gasteiger partial charge on any atom is -0.361 e. The van der Waals surface area contributed by atoms with E-state index in [9.17, 15) is 9.59 Å². The first-order valence-corrected chi connectivity index (χ1v) is 8.83. The fraction of sp³-hybridized carbons (Fsp3) is 0.333. The highest BCUT2D eigenvalue weighted by Gasteiger charge is 2.35. The average molecular weight is 344 g/mol. The van der Waals surface area contributed by atoms with Gasteiger partial charge in [-0.1, -0.05) is 18.2 Å². The van der Waals surface area contributed by atoms with Crippen molar-refractivity contribution in [2.45, 2.75) is 12.8 Å². The summed E-state index contributed by atoms with van der Waals surface area (Å²) in [6.07, 6.45) is 3.90. The fourth-order valence-electron chi connectivity index (χ4n) is 3.15. The molecule has 2 aromatic rings. The van der Waals surface area contributed by atoms with Gasteiger partial charge in [0.15, 0.2) is 0 Å². The molecule has 1 aliphatic heterocycles. The quantitative estimate of drug-likeness (QED) is 0.259. The summed E-state index contributed by atoms with van der Waals surface area (Å²) in [6.45, 7) is 3.85. The van der Waals surface area contributed by atoms with E-state index in [1.807, 2.05) is 29.6 Å². The summed E-state index contributed by atoms with van der Waals surface area (Å²) in [7, 11) is 0. The van der Waals surface area contributed by atoms with E-state index in [4.69, 9.17) is 0 Å². The van der Waals surface area contributed by atoms with Crippen LogP contribution in [-0.4, -0.2) is 43.0 Å². The van der Waals surface area contributed by atoms with Crippen molar-refractivity contribution in [2.24, 2.45) is 0 Å². The molecule has 25 heavy (non-hydrogen) atoms. The fourth-order valence-corrected chi connectivity index (χ4v) is 3.15. The molecule has 0 aliphatic carbocycles. The molecule has 0 bridgehead atoms. The zero-order valence-electron chi connectivity index (χ0n) is 14.3. The van der Waals surface area contributed by atoms with Gasteiger partial charge in [-0.2, -0.15) is 0 Å². The van der Waals surface area contributed by atoms with Gasteiger partial charge in [-0.05, 0) is 6.07 Å². The third-order valence-electron chi connectivity index (χ3n) is 4.45. The van der Waals surface area contributed by atoms with Gasteiger partial charge in [0.25, 0.3) is 5.91 Å². The summed E-state index contributed by atoms with van der Waals surface area (Å²) in [4.78, 5) is 27.7. The number of benzene rings is 1. The lowest BCUT2D eigenvalue weighted by Crippen LogP contribution is -2.88. The highest BCUT2D eigenvalue weighted by Crippen LogP contribution is 2.28. The second-order valence-corrected chi connectivity index (χ2v) is 6.24. The summed E-state index contributed by atoms with van der Waals surface area (Å²) in [5.74, 6) is -0.616. The molecule has 0 spiro atoms. The number of rotatable bonds is 9. The molecule has 3 rings (SSSR count). The minimum absolute atomic E-state index is 0.300. The maximum absolute atomic E-state index is 12.3. The molecule has 9 N–H and O–H groups in total. The summed E-state index contributed by atoms with van der Waals surface area (Å²) >= 11 is 0. The smallest absolute Gasteiger partial charge is 0.312 e. The van der Waals surface area contributed by atoms with Crippen molar-refractivity contribution in [3.05, 3.63) is 41.7 Å². The minimum atomic E-state index is -0.317. The van der Waals surface area contributed by atoms with Crippen LogP contribution in [0, 0.1) is 0 Å². The van der Waals surface area contributed by atoms with Gasteiger partial charge < -0.3 is 21.4 Å². The summed E-state index contributed by atoms with van der Waals surface area (Å²) < 4.78 is 0. The predicted molar refractivity (Wildman–Crippen MR) is 93.8 cm³/mol. The summed E-state index contributed by atoms with van der Waals surface area (Å²) in [6, 6.07) is 7.79. The standard InChI is InChI=1S/C18H23N5O2/c19-7-3-8-20-9-4-10-21-16-15(17(24)23-18(16)25)13-11-22-14-6-2-1-5-12(13)14/h1-2,5-6,11,20,22H,3-4,7-10,19H2,(H2,21,23,24,25)/p+3. The number of aromatic amines is 1. The van der Waals surface area contributed by atoms with Crippen LogP contribution in [-0.2, 0) is 9.59 Å². The molecule has 7 heteroatoms. The SMILES string of the molecule is [NH3+]CCC[NH2+]CCC[NH2+]C1=C(c2c[nH]c3ccccc23)C(=O)NC1=O. The van der Waals surface area contributed by atoms with E-state index >= 15 is 0 Å². The average Bonchev–Trinajstić information content (AvgIpc) is 3.14. The topological polar surface area (TPSA) is 123 Å². The Morgan fingerprint density at radius 2 is 1.80 bits per heavy atom. The third kappa shape index (κ3) is 3.79. The molecule has 1 aromatic heterocycles. The number of amides is 2. The number of carbonyl (C=O) groups is 2. The Morgan fingerprint density at radius 1 is 1.00 bits per heavy atom. The van der Waals surface area contributed by atoms with Crippen LogP contribution in [0.1, 0.15) is 18.4 Å². The van der Waals surface area contributed by atoms with Crippen LogP contribution in [0.15, 0.2) is 36.2 Å². The van der Waals surface area contributed by atoms with Crippen molar-refractivity contribution in [1.82, 2.24) is 10.3 Å². The number of hydrogen-bond acceptors (Lipinski definition) is 2. The van der Waals surface area contributed by atoms with Gasteiger partial charge >= 0.3 is 5.91 Å². The number of nitrogens with two attached hydrogens (primary N) is 2. The van der Waals surface area contributed by atoms with E-state index in [1.165, 1.54) is 0 Å². The van der Waals surface area contributed by atoms with E-state index in [0.717, 1.165) is 55.5 Å². The molecule has 0 saturated heterocycles. The van der Waals surface area contributed by atoms with Crippen LogP contribution in [0.5, 0.6) is 0 Å². The number of quaternary nitrogens is 3. The molecule has 2 amide bonds. The molecule has 7 nitrogen and oxygen atoms in total. The molecular formula is C18H26N5O2+3. The summed E-state index contributed by atoms with van der Waals surface area (Å²) in [5.41, 5.74) is 6.54. The zero-order chi connectivity index (χ0) is 17.6. The summed E-state index contributed by atoms with van der Waals surface area (Å²) in [5, 5.41) is 7.55. The molecule has 2 heterocycles. The monoisotopic (exact) mass is 344 g/mol. The predicted octanol–water partition coefficient (Wildman–Crippen LogP) is -2.32. The Bertz CT molecular complexity index is 809. The van der Waals surface area contributed by atoms with Gasteiger partial charge in [0.1, 0.15) is 5.57 Å². The third-order valence-corrected chi connectivity index (χ3v) is 4.45. The number of para-hydroxylation sites is 1. The van der Waals surface area contributed by atoms with E-state index in [-0.39, 0.29) is 11.8 Å². The van der Waals surface area contributed by atoms with E-state index < -0.39 is 0 Å². The van der Waals surface area contributed by atoms with Gasteiger partial charge in [-0.15, -0.1) is 0 Å².